The summed E-state index contributed by atoms with van der Waals surface area (Å²) in [4.78, 5) is 2.68. The summed E-state index contributed by atoms with van der Waals surface area (Å²) < 4.78 is 5.95. The van der Waals surface area contributed by atoms with Crippen LogP contribution >= 0.6 is 0 Å². The minimum atomic E-state index is 0.556. The van der Waals surface area contributed by atoms with Crippen molar-refractivity contribution < 1.29 is 4.74 Å². The maximum absolute atomic E-state index is 5.95. The summed E-state index contributed by atoms with van der Waals surface area (Å²) in [5.41, 5.74) is 0. The van der Waals surface area contributed by atoms with Crippen LogP contribution in [0.1, 0.15) is 32.6 Å². The van der Waals surface area contributed by atoms with Crippen LogP contribution in [0.4, 0.5) is 0 Å². The topological polar surface area (TPSA) is 24.5 Å². The van der Waals surface area contributed by atoms with Gasteiger partial charge in [-0.05, 0) is 45.7 Å². The molecular weight excluding hydrogens is 188 g/mol. The predicted octanol–water partition coefficient (Wildman–Crippen LogP) is 0.990. The smallest absolute Gasteiger partial charge is 0.0735 e. The van der Waals surface area contributed by atoms with Gasteiger partial charge in [-0.2, -0.15) is 0 Å². The molecule has 0 aromatic heterocycles. The highest BCUT2D eigenvalue weighted by molar-refractivity contribution is 4.96. The number of rotatable bonds is 1. The fourth-order valence-electron chi connectivity index (χ4n) is 3.43. The molecule has 3 aliphatic rings. The van der Waals surface area contributed by atoms with Crippen LogP contribution in [0, 0.1) is 0 Å². The first kappa shape index (κ1) is 10.1. The number of hydrogen-bond donors (Lipinski definition) is 1. The molecule has 0 saturated carbocycles. The van der Waals surface area contributed by atoms with Crippen LogP contribution in [0.25, 0.3) is 0 Å². The van der Waals surface area contributed by atoms with Gasteiger partial charge in [0.2, 0.25) is 0 Å². The van der Waals surface area contributed by atoms with Gasteiger partial charge in [-0.15, -0.1) is 0 Å². The predicted molar refractivity (Wildman–Crippen MR) is 60.0 cm³/mol. The van der Waals surface area contributed by atoms with Crippen molar-refractivity contribution >= 4 is 0 Å². The first-order chi connectivity index (χ1) is 7.33. The lowest BCUT2D eigenvalue weighted by Gasteiger charge is -2.32. The summed E-state index contributed by atoms with van der Waals surface area (Å²) in [6, 6.07) is 1.37. The molecule has 0 spiro atoms. The van der Waals surface area contributed by atoms with Gasteiger partial charge in [0.05, 0.1) is 12.2 Å². The lowest BCUT2D eigenvalue weighted by Crippen LogP contribution is -2.45. The van der Waals surface area contributed by atoms with Crippen LogP contribution in [-0.2, 0) is 4.74 Å². The number of nitrogens with one attached hydrogen (secondary N) is 1. The second-order valence-electron chi connectivity index (χ2n) is 5.38. The number of hydrogen-bond acceptors (Lipinski definition) is 3. The Labute approximate surface area is 92.2 Å². The second kappa shape index (κ2) is 4.04. The normalized spacial score (nSPS) is 47.0. The Morgan fingerprint density at radius 2 is 2.27 bits per heavy atom. The standard InChI is InChI=1S/C12H22N2O/c1-9-8-14(6-2-5-13-9)11-7-10-3-4-12(11)15-10/h9-13H,2-8H2,1H3. The van der Waals surface area contributed by atoms with Gasteiger partial charge in [0.1, 0.15) is 0 Å². The van der Waals surface area contributed by atoms with Crippen LogP contribution in [0.15, 0.2) is 0 Å². The Morgan fingerprint density at radius 1 is 1.33 bits per heavy atom. The molecular formula is C12H22N2O. The van der Waals surface area contributed by atoms with Crippen LogP contribution in [-0.4, -0.2) is 48.8 Å². The molecule has 0 aromatic carbocycles. The molecule has 0 radical (unpaired) electrons. The van der Waals surface area contributed by atoms with E-state index in [2.05, 4.69) is 17.1 Å². The average Bonchev–Trinajstić information content (AvgIpc) is 2.78. The largest absolute Gasteiger partial charge is 0.373 e. The van der Waals surface area contributed by atoms with Crippen molar-refractivity contribution in [1.82, 2.24) is 10.2 Å². The van der Waals surface area contributed by atoms with Crippen LogP contribution in [0.3, 0.4) is 0 Å². The highest BCUT2D eigenvalue weighted by atomic mass is 16.5. The molecule has 3 nitrogen and oxygen atoms in total. The Balaban J connectivity index is 1.65. The van der Waals surface area contributed by atoms with Gasteiger partial charge in [-0.3, -0.25) is 4.90 Å². The zero-order valence-electron chi connectivity index (χ0n) is 9.61. The van der Waals surface area contributed by atoms with Crippen molar-refractivity contribution in [3.8, 4) is 0 Å². The van der Waals surface area contributed by atoms with Gasteiger partial charge in [-0.25, -0.2) is 0 Å². The molecule has 0 aliphatic carbocycles. The highest BCUT2D eigenvalue weighted by Crippen LogP contribution is 2.37. The van der Waals surface area contributed by atoms with Crippen LogP contribution < -0.4 is 5.32 Å². The molecule has 15 heavy (non-hydrogen) atoms. The maximum atomic E-state index is 5.95. The molecule has 0 aromatic rings. The molecule has 2 bridgehead atoms. The molecule has 4 unspecified atom stereocenters. The summed E-state index contributed by atoms with van der Waals surface area (Å²) in [6.45, 7) is 5.94. The zero-order chi connectivity index (χ0) is 10.3. The molecule has 0 amide bonds. The lowest BCUT2D eigenvalue weighted by molar-refractivity contribution is 0.0697. The molecule has 4 atom stereocenters. The summed E-state index contributed by atoms with van der Waals surface area (Å²) in [6.07, 6.45) is 6.33. The number of fused-ring (bicyclic) bond motifs is 2. The van der Waals surface area contributed by atoms with E-state index in [0.717, 1.165) is 6.04 Å². The lowest BCUT2D eigenvalue weighted by atomic mass is 9.94. The molecule has 3 heterocycles. The van der Waals surface area contributed by atoms with E-state index in [9.17, 15) is 0 Å². The third kappa shape index (κ3) is 1.93. The van der Waals surface area contributed by atoms with E-state index in [-0.39, 0.29) is 0 Å². The first-order valence-electron chi connectivity index (χ1n) is 6.46. The SMILES string of the molecule is CC1CN(C2CC3CCC2O3)CCCN1. The van der Waals surface area contributed by atoms with Crippen LogP contribution in [0.2, 0.25) is 0 Å². The fraction of sp³-hybridized carbons (Fsp3) is 1.00. The summed E-state index contributed by atoms with van der Waals surface area (Å²) in [5, 5.41) is 3.56. The van der Waals surface area contributed by atoms with Crippen molar-refractivity contribution in [3.63, 3.8) is 0 Å². The van der Waals surface area contributed by atoms with E-state index >= 15 is 0 Å². The zero-order valence-corrected chi connectivity index (χ0v) is 9.61. The molecule has 3 heteroatoms. The van der Waals surface area contributed by atoms with E-state index < -0.39 is 0 Å². The van der Waals surface area contributed by atoms with Crippen molar-refractivity contribution in [3.05, 3.63) is 0 Å². The summed E-state index contributed by atoms with van der Waals surface area (Å²) >= 11 is 0. The van der Waals surface area contributed by atoms with E-state index in [1.54, 1.807) is 0 Å². The Bertz CT molecular complexity index is 234. The van der Waals surface area contributed by atoms with Gasteiger partial charge < -0.3 is 10.1 Å². The van der Waals surface area contributed by atoms with Crippen molar-refractivity contribution in [1.29, 1.82) is 0 Å². The molecule has 86 valence electrons. The monoisotopic (exact) mass is 210 g/mol. The van der Waals surface area contributed by atoms with E-state index in [0.29, 0.717) is 18.2 Å². The Kier molecular flexibility index (Phi) is 2.71. The molecule has 3 saturated heterocycles. The van der Waals surface area contributed by atoms with Crippen molar-refractivity contribution in [2.24, 2.45) is 0 Å². The highest BCUT2D eigenvalue weighted by Gasteiger charge is 2.43. The summed E-state index contributed by atoms with van der Waals surface area (Å²) in [7, 11) is 0. The molecule has 3 rings (SSSR count). The minimum absolute atomic E-state index is 0.556. The molecule has 1 N–H and O–H groups in total. The van der Waals surface area contributed by atoms with E-state index in [1.807, 2.05) is 0 Å². The van der Waals surface area contributed by atoms with Gasteiger partial charge in [-0.1, -0.05) is 0 Å². The maximum Gasteiger partial charge on any atom is 0.0735 e. The van der Waals surface area contributed by atoms with Gasteiger partial charge in [0.25, 0.3) is 0 Å². The Hall–Kier alpha value is -0.120. The molecule has 3 aliphatic heterocycles. The van der Waals surface area contributed by atoms with E-state index in [4.69, 9.17) is 4.74 Å². The Morgan fingerprint density at radius 3 is 3.00 bits per heavy atom. The summed E-state index contributed by atoms with van der Waals surface area (Å²) in [5.74, 6) is 0. The third-order valence-electron chi connectivity index (χ3n) is 4.17. The third-order valence-corrected chi connectivity index (χ3v) is 4.17. The average molecular weight is 210 g/mol. The number of nitrogens with zero attached hydrogens (tertiary/aromatic N) is 1. The number of ether oxygens (including phenoxy) is 1. The van der Waals surface area contributed by atoms with Crippen molar-refractivity contribution in [2.45, 2.75) is 56.9 Å². The van der Waals surface area contributed by atoms with Crippen molar-refractivity contribution in [2.75, 3.05) is 19.6 Å². The van der Waals surface area contributed by atoms with Gasteiger partial charge in [0, 0.05) is 18.6 Å². The van der Waals surface area contributed by atoms with E-state index in [1.165, 1.54) is 45.3 Å². The quantitative estimate of drug-likeness (QED) is 0.698. The van der Waals surface area contributed by atoms with Crippen LogP contribution in [0.5, 0.6) is 0 Å². The molecule has 3 fully saturated rings. The minimum Gasteiger partial charge on any atom is -0.373 e. The fourth-order valence-corrected chi connectivity index (χ4v) is 3.43. The second-order valence-corrected chi connectivity index (χ2v) is 5.38. The van der Waals surface area contributed by atoms with Gasteiger partial charge in [0.15, 0.2) is 0 Å². The first-order valence-corrected chi connectivity index (χ1v) is 6.46. The van der Waals surface area contributed by atoms with Gasteiger partial charge >= 0.3 is 0 Å².